The largest absolute Gasteiger partial charge is 0.377 e. The summed E-state index contributed by atoms with van der Waals surface area (Å²) in [6.07, 6.45) is 0. The Labute approximate surface area is 124 Å². The highest BCUT2D eigenvalue weighted by molar-refractivity contribution is 9.10. The van der Waals surface area contributed by atoms with Crippen LogP contribution < -0.4 is 0 Å². The summed E-state index contributed by atoms with van der Waals surface area (Å²) in [6, 6.07) is 5.84. The lowest BCUT2D eigenvalue weighted by Gasteiger charge is -2.35. The minimum absolute atomic E-state index is 0.0848. The van der Waals surface area contributed by atoms with E-state index in [0.717, 1.165) is 20.9 Å². The monoisotopic (exact) mass is 375 g/mol. The molecular weight excluding hydrogens is 362 g/mol. The Morgan fingerprint density at radius 1 is 1.56 bits per heavy atom. The van der Waals surface area contributed by atoms with E-state index in [1.165, 1.54) is 0 Å². The van der Waals surface area contributed by atoms with E-state index in [4.69, 9.17) is 4.74 Å². The molecule has 0 radical (unpaired) electrons. The zero-order valence-corrected chi connectivity index (χ0v) is 13.3. The van der Waals surface area contributed by atoms with Gasteiger partial charge in [0.1, 0.15) is 0 Å². The topological polar surface area (TPSA) is 29.5 Å². The fraction of sp³-hybridized carbons (Fsp3) is 0.462. The van der Waals surface area contributed by atoms with Gasteiger partial charge in [0.15, 0.2) is 0 Å². The van der Waals surface area contributed by atoms with E-state index in [2.05, 4.69) is 31.9 Å². The Kier molecular flexibility index (Phi) is 4.81. The SMILES string of the molecule is Cc1c(Br)cccc1C(=O)N1CCOCC1CBr. The van der Waals surface area contributed by atoms with Crippen LogP contribution in [0.3, 0.4) is 0 Å². The van der Waals surface area contributed by atoms with Crippen molar-refractivity contribution in [3.8, 4) is 0 Å². The van der Waals surface area contributed by atoms with E-state index in [1.54, 1.807) is 0 Å². The van der Waals surface area contributed by atoms with Crippen LogP contribution in [0.2, 0.25) is 0 Å². The van der Waals surface area contributed by atoms with Crippen LogP contribution in [0.25, 0.3) is 0 Å². The molecule has 1 aliphatic rings. The number of hydrogen-bond donors (Lipinski definition) is 0. The van der Waals surface area contributed by atoms with E-state index in [-0.39, 0.29) is 11.9 Å². The lowest BCUT2D eigenvalue weighted by Crippen LogP contribution is -2.49. The van der Waals surface area contributed by atoms with Crippen molar-refractivity contribution in [2.75, 3.05) is 25.1 Å². The minimum atomic E-state index is 0.0848. The van der Waals surface area contributed by atoms with Crippen molar-refractivity contribution in [1.29, 1.82) is 0 Å². The molecule has 0 aliphatic carbocycles. The Morgan fingerprint density at radius 2 is 2.33 bits per heavy atom. The highest BCUT2D eigenvalue weighted by Gasteiger charge is 2.28. The second-order valence-corrected chi connectivity index (χ2v) is 5.80. The normalized spacial score (nSPS) is 19.9. The summed E-state index contributed by atoms with van der Waals surface area (Å²) < 4.78 is 6.38. The van der Waals surface area contributed by atoms with Crippen LogP contribution in [0.15, 0.2) is 22.7 Å². The van der Waals surface area contributed by atoms with Crippen molar-refractivity contribution in [3.05, 3.63) is 33.8 Å². The molecule has 1 saturated heterocycles. The van der Waals surface area contributed by atoms with Crippen LogP contribution in [0.4, 0.5) is 0 Å². The predicted molar refractivity (Wildman–Crippen MR) is 78.3 cm³/mol. The maximum absolute atomic E-state index is 12.6. The molecule has 1 fully saturated rings. The van der Waals surface area contributed by atoms with E-state index in [0.29, 0.717) is 19.8 Å². The summed E-state index contributed by atoms with van der Waals surface area (Å²) in [7, 11) is 0. The molecule has 2 rings (SSSR count). The van der Waals surface area contributed by atoms with Crippen molar-refractivity contribution in [3.63, 3.8) is 0 Å². The van der Waals surface area contributed by atoms with Gasteiger partial charge in [0, 0.05) is 21.9 Å². The Balaban J connectivity index is 2.27. The van der Waals surface area contributed by atoms with Gasteiger partial charge in [-0.15, -0.1) is 0 Å². The molecule has 98 valence electrons. The van der Waals surface area contributed by atoms with Crippen molar-refractivity contribution < 1.29 is 9.53 Å². The van der Waals surface area contributed by atoms with Gasteiger partial charge in [-0.2, -0.15) is 0 Å². The first-order valence-electron chi connectivity index (χ1n) is 5.85. The standard InChI is InChI=1S/C13H15Br2NO2/c1-9-11(3-2-4-12(9)15)13(17)16-5-6-18-8-10(16)7-14/h2-4,10H,5-8H2,1H3. The lowest BCUT2D eigenvalue weighted by molar-refractivity contribution is 0.00520. The first-order chi connectivity index (χ1) is 8.65. The van der Waals surface area contributed by atoms with Crippen LogP contribution in [0.1, 0.15) is 15.9 Å². The first kappa shape index (κ1) is 14.0. The van der Waals surface area contributed by atoms with E-state index < -0.39 is 0 Å². The summed E-state index contributed by atoms with van der Waals surface area (Å²) in [5.41, 5.74) is 1.75. The second kappa shape index (κ2) is 6.17. The number of rotatable bonds is 2. The first-order valence-corrected chi connectivity index (χ1v) is 7.76. The van der Waals surface area contributed by atoms with Gasteiger partial charge in [-0.3, -0.25) is 4.79 Å². The minimum Gasteiger partial charge on any atom is -0.377 e. The number of benzene rings is 1. The molecule has 1 heterocycles. The van der Waals surface area contributed by atoms with Gasteiger partial charge in [-0.1, -0.05) is 37.9 Å². The Hall–Kier alpha value is -0.390. The number of hydrogen-bond acceptors (Lipinski definition) is 2. The highest BCUT2D eigenvalue weighted by Crippen LogP contribution is 2.22. The molecule has 1 atom stereocenters. The number of morpholine rings is 1. The average Bonchev–Trinajstić information content (AvgIpc) is 2.41. The maximum Gasteiger partial charge on any atom is 0.254 e. The predicted octanol–water partition coefficient (Wildman–Crippen LogP) is 2.99. The van der Waals surface area contributed by atoms with Crippen LogP contribution in [0, 0.1) is 6.92 Å². The van der Waals surface area contributed by atoms with E-state index in [9.17, 15) is 4.79 Å². The Bertz CT molecular complexity index is 451. The molecular formula is C13H15Br2NO2. The number of alkyl halides is 1. The molecule has 0 saturated carbocycles. The number of carbonyl (C=O) groups excluding carboxylic acids is 1. The van der Waals surface area contributed by atoms with Crippen LogP contribution >= 0.6 is 31.9 Å². The fourth-order valence-electron chi connectivity index (χ4n) is 2.04. The molecule has 0 aromatic heterocycles. The highest BCUT2D eigenvalue weighted by atomic mass is 79.9. The zero-order valence-electron chi connectivity index (χ0n) is 10.2. The molecule has 1 aromatic carbocycles. The zero-order chi connectivity index (χ0) is 13.1. The quantitative estimate of drug-likeness (QED) is 0.742. The molecule has 1 aromatic rings. The van der Waals surface area contributed by atoms with Gasteiger partial charge in [0.25, 0.3) is 5.91 Å². The maximum atomic E-state index is 12.6. The van der Waals surface area contributed by atoms with E-state index >= 15 is 0 Å². The van der Waals surface area contributed by atoms with Gasteiger partial charge in [-0.05, 0) is 24.6 Å². The fourth-order valence-corrected chi connectivity index (χ4v) is 2.95. The van der Waals surface area contributed by atoms with Crippen molar-refractivity contribution in [2.24, 2.45) is 0 Å². The van der Waals surface area contributed by atoms with Gasteiger partial charge < -0.3 is 9.64 Å². The number of halogens is 2. The third-order valence-electron chi connectivity index (χ3n) is 3.16. The second-order valence-electron chi connectivity index (χ2n) is 4.29. The molecule has 3 nitrogen and oxygen atoms in total. The van der Waals surface area contributed by atoms with Crippen LogP contribution in [0.5, 0.6) is 0 Å². The number of carbonyl (C=O) groups is 1. The van der Waals surface area contributed by atoms with Crippen molar-refractivity contribution in [2.45, 2.75) is 13.0 Å². The lowest BCUT2D eigenvalue weighted by atomic mass is 10.1. The van der Waals surface area contributed by atoms with Gasteiger partial charge in [-0.25, -0.2) is 0 Å². The molecule has 1 aliphatic heterocycles. The summed E-state index contributed by atoms with van der Waals surface area (Å²) >= 11 is 6.91. The van der Waals surface area contributed by atoms with E-state index in [1.807, 2.05) is 30.0 Å². The molecule has 0 spiro atoms. The Morgan fingerprint density at radius 3 is 3.06 bits per heavy atom. The smallest absolute Gasteiger partial charge is 0.254 e. The average molecular weight is 377 g/mol. The third-order valence-corrected chi connectivity index (χ3v) is 4.77. The molecule has 1 unspecified atom stereocenters. The van der Waals surface area contributed by atoms with Crippen molar-refractivity contribution >= 4 is 37.8 Å². The molecule has 0 N–H and O–H groups in total. The molecule has 0 bridgehead atoms. The van der Waals surface area contributed by atoms with Crippen LogP contribution in [-0.2, 0) is 4.74 Å². The van der Waals surface area contributed by atoms with Crippen molar-refractivity contribution in [1.82, 2.24) is 4.90 Å². The van der Waals surface area contributed by atoms with Gasteiger partial charge >= 0.3 is 0 Å². The molecule has 5 heteroatoms. The summed E-state index contributed by atoms with van der Waals surface area (Å²) in [4.78, 5) is 14.5. The van der Waals surface area contributed by atoms with Gasteiger partial charge in [0.2, 0.25) is 0 Å². The summed E-state index contributed by atoms with van der Waals surface area (Å²) in [5, 5.41) is 0.742. The number of ether oxygens (including phenoxy) is 1. The number of amides is 1. The van der Waals surface area contributed by atoms with Gasteiger partial charge in [0.05, 0.1) is 19.3 Å². The third kappa shape index (κ3) is 2.78. The summed E-state index contributed by atoms with van der Waals surface area (Å²) in [6.45, 7) is 3.83. The van der Waals surface area contributed by atoms with Crippen LogP contribution in [-0.4, -0.2) is 41.9 Å². The number of nitrogens with zero attached hydrogens (tertiary/aromatic N) is 1. The summed E-state index contributed by atoms with van der Waals surface area (Å²) in [5.74, 6) is 0.0848. The molecule has 1 amide bonds. The molecule has 18 heavy (non-hydrogen) atoms.